The standard InChI is InChI=1S/C16H15BrO2S/c1-11-7-8-13(12(2)9-11)15(18)10-20(19)16-6-4-3-5-14(16)17/h3-9H,10H2,1-2H3. The third-order valence-electron chi connectivity index (χ3n) is 3.03. The number of Topliss-reactive ketones (excluding diaryl/α,β-unsaturated/α-hetero) is 1. The molecule has 1 unspecified atom stereocenters. The number of halogens is 1. The zero-order valence-corrected chi connectivity index (χ0v) is 13.8. The Bertz CT molecular complexity index is 680. The molecule has 0 N–H and O–H groups in total. The van der Waals surface area contributed by atoms with Gasteiger partial charge in [0.1, 0.15) is 0 Å². The quantitative estimate of drug-likeness (QED) is 0.779. The van der Waals surface area contributed by atoms with E-state index in [1.807, 2.05) is 50.2 Å². The normalized spacial score (nSPS) is 12.2. The number of ketones is 1. The maximum atomic E-state index is 12.3. The second kappa shape index (κ2) is 6.46. The molecule has 0 heterocycles. The van der Waals surface area contributed by atoms with Gasteiger partial charge in [0.2, 0.25) is 0 Å². The molecule has 2 rings (SSSR count). The van der Waals surface area contributed by atoms with E-state index in [4.69, 9.17) is 0 Å². The van der Waals surface area contributed by atoms with Crippen LogP contribution in [0, 0.1) is 13.8 Å². The highest BCUT2D eigenvalue weighted by Gasteiger charge is 2.15. The Morgan fingerprint density at radius 2 is 1.85 bits per heavy atom. The van der Waals surface area contributed by atoms with Crippen LogP contribution in [0.1, 0.15) is 21.5 Å². The molecule has 20 heavy (non-hydrogen) atoms. The van der Waals surface area contributed by atoms with Crippen LogP contribution < -0.4 is 0 Å². The van der Waals surface area contributed by atoms with Crippen LogP contribution in [0.15, 0.2) is 51.8 Å². The Hall–Kier alpha value is -1.26. The molecule has 104 valence electrons. The van der Waals surface area contributed by atoms with Gasteiger partial charge in [0.25, 0.3) is 0 Å². The molecule has 0 spiro atoms. The lowest BCUT2D eigenvalue weighted by Crippen LogP contribution is -2.12. The summed E-state index contributed by atoms with van der Waals surface area (Å²) in [6.45, 7) is 3.89. The summed E-state index contributed by atoms with van der Waals surface area (Å²) < 4.78 is 13.1. The molecule has 0 radical (unpaired) electrons. The van der Waals surface area contributed by atoms with Crippen molar-refractivity contribution < 1.29 is 9.00 Å². The predicted molar refractivity (Wildman–Crippen MR) is 85.7 cm³/mol. The first kappa shape index (κ1) is 15.1. The highest BCUT2D eigenvalue weighted by atomic mass is 79.9. The summed E-state index contributed by atoms with van der Waals surface area (Å²) in [7, 11) is -1.34. The lowest BCUT2D eigenvalue weighted by molar-refractivity contribution is 0.102. The van der Waals surface area contributed by atoms with Gasteiger partial charge in [0, 0.05) is 10.0 Å². The van der Waals surface area contributed by atoms with Crippen molar-refractivity contribution in [2.45, 2.75) is 18.7 Å². The lowest BCUT2D eigenvalue weighted by Gasteiger charge is -2.07. The van der Waals surface area contributed by atoms with E-state index in [0.717, 1.165) is 15.6 Å². The fourth-order valence-corrected chi connectivity index (χ4v) is 3.92. The molecular formula is C16H15BrO2S. The van der Waals surface area contributed by atoms with Crippen molar-refractivity contribution in [2.75, 3.05) is 5.75 Å². The fourth-order valence-electron chi connectivity index (χ4n) is 2.03. The van der Waals surface area contributed by atoms with E-state index < -0.39 is 10.8 Å². The number of hydrogen-bond donors (Lipinski definition) is 0. The Labute approximate surface area is 129 Å². The van der Waals surface area contributed by atoms with Crippen LogP contribution in [0.25, 0.3) is 0 Å². The van der Waals surface area contributed by atoms with E-state index in [2.05, 4.69) is 15.9 Å². The Morgan fingerprint density at radius 3 is 2.50 bits per heavy atom. The lowest BCUT2D eigenvalue weighted by atomic mass is 10.0. The smallest absolute Gasteiger partial charge is 0.175 e. The van der Waals surface area contributed by atoms with E-state index in [1.165, 1.54) is 0 Å². The molecule has 1 atom stereocenters. The fraction of sp³-hybridized carbons (Fsp3) is 0.188. The van der Waals surface area contributed by atoms with Crippen LogP contribution in [0.4, 0.5) is 0 Å². The molecule has 0 fully saturated rings. The van der Waals surface area contributed by atoms with Crippen molar-refractivity contribution in [2.24, 2.45) is 0 Å². The van der Waals surface area contributed by atoms with Crippen LogP contribution >= 0.6 is 15.9 Å². The average molecular weight is 351 g/mol. The highest BCUT2D eigenvalue weighted by Crippen LogP contribution is 2.21. The summed E-state index contributed by atoms with van der Waals surface area (Å²) in [6, 6.07) is 13.0. The van der Waals surface area contributed by atoms with Gasteiger partial charge in [0.15, 0.2) is 5.78 Å². The van der Waals surface area contributed by atoms with Gasteiger partial charge in [-0.3, -0.25) is 9.00 Å². The molecule has 2 nitrogen and oxygen atoms in total. The van der Waals surface area contributed by atoms with Crippen molar-refractivity contribution in [3.63, 3.8) is 0 Å². The molecule has 2 aromatic rings. The molecule has 0 aliphatic rings. The molecule has 2 aromatic carbocycles. The van der Waals surface area contributed by atoms with Gasteiger partial charge in [-0.1, -0.05) is 35.9 Å². The number of rotatable bonds is 4. The average Bonchev–Trinajstić information content (AvgIpc) is 2.38. The first-order valence-corrected chi connectivity index (χ1v) is 8.33. The van der Waals surface area contributed by atoms with Crippen LogP contribution in [-0.2, 0) is 10.8 Å². The van der Waals surface area contributed by atoms with Gasteiger partial charge < -0.3 is 0 Å². The Morgan fingerprint density at radius 1 is 1.15 bits per heavy atom. The van der Waals surface area contributed by atoms with Crippen molar-refractivity contribution in [1.82, 2.24) is 0 Å². The first-order valence-electron chi connectivity index (χ1n) is 6.22. The molecule has 0 aliphatic heterocycles. The molecule has 0 aromatic heterocycles. The van der Waals surface area contributed by atoms with Gasteiger partial charge in [-0.25, -0.2) is 0 Å². The molecular weight excluding hydrogens is 336 g/mol. The topological polar surface area (TPSA) is 34.1 Å². The van der Waals surface area contributed by atoms with Gasteiger partial charge in [-0.05, 0) is 47.5 Å². The molecule has 0 saturated carbocycles. The van der Waals surface area contributed by atoms with Gasteiger partial charge in [0.05, 0.1) is 21.4 Å². The summed E-state index contributed by atoms with van der Waals surface area (Å²) in [5, 5.41) is 0. The van der Waals surface area contributed by atoms with E-state index in [0.29, 0.717) is 10.5 Å². The van der Waals surface area contributed by atoms with E-state index in [1.54, 1.807) is 6.07 Å². The van der Waals surface area contributed by atoms with E-state index >= 15 is 0 Å². The van der Waals surface area contributed by atoms with Crippen LogP contribution in [0.5, 0.6) is 0 Å². The molecule has 0 saturated heterocycles. The zero-order valence-electron chi connectivity index (χ0n) is 11.4. The SMILES string of the molecule is Cc1ccc(C(=O)CS(=O)c2ccccc2Br)c(C)c1. The number of aryl methyl sites for hydroxylation is 2. The second-order valence-corrected chi connectivity index (χ2v) is 6.94. The first-order chi connectivity index (χ1) is 9.49. The van der Waals surface area contributed by atoms with Crippen molar-refractivity contribution in [3.8, 4) is 0 Å². The van der Waals surface area contributed by atoms with Gasteiger partial charge >= 0.3 is 0 Å². The van der Waals surface area contributed by atoms with Crippen LogP contribution in [0.2, 0.25) is 0 Å². The monoisotopic (exact) mass is 350 g/mol. The molecule has 0 amide bonds. The second-order valence-electron chi connectivity index (χ2n) is 4.66. The van der Waals surface area contributed by atoms with Gasteiger partial charge in [-0.15, -0.1) is 0 Å². The minimum absolute atomic E-state index is 0.00646. The van der Waals surface area contributed by atoms with Crippen molar-refractivity contribution in [3.05, 3.63) is 63.6 Å². The maximum absolute atomic E-state index is 12.3. The zero-order chi connectivity index (χ0) is 14.7. The van der Waals surface area contributed by atoms with Crippen LogP contribution in [-0.4, -0.2) is 15.7 Å². The third-order valence-corrected chi connectivity index (χ3v) is 5.35. The summed E-state index contributed by atoms with van der Waals surface area (Å²) in [6.07, 6.45) is 0. The van der Waals surface area contributed by atoms with Crippen molar-refractivity contribution >= 4 is 32.5 Å². The number of hydrogen-bond acceptors (Lipinski definition) is 2. The third kappa shape index (κ3) is 3.44. The summed E-state index contributed by atoms with van der Waals surface area (Å²) in [5.74, 6) is -0.0800. The Kier molecular flexibility index (Phi) is 4.89. The van der Waals surface area contributed by atoms with Crippen LogP contribution in [0.3, 0.4) is 0 Å². The summed E-state index contributed by atoms with van der Waals surface area (Å²) in [5.41, 5.74) is 2.70. The summed E-state index contributed by atoms with van der Waals surface area (Å²) >= 11 is 3.36. The number of benzene rings is 2. The number of carbonyl (C=O) groups excluding carboxylic acids is 1. The summed E-state index contributed by atoms with van der Waals surface area (Å²) in [4.78, 5) is 12.9. The molecule has 0 bridgehead atoms. The highest BCUT2D eigenvalue weighted by molar-refractivity contribution is 9.10. The maximum Gasteiger partial charge on any atom is 0.175 e. The van der Waals surface area contributed by atoms with Crippen molar-refractivity contribution in [1.29, 1.82) is 0 Å². The number of carbonyl (C=O) groups is 1. The minimum atomic E-state index is -1.34. The largest absolute Gasteiger partial charge is 0.293 e. The van der Waals surface area contributed by atoms with Gasteiger partial charge in [-0.2, -0.15) is 0 Å². The molecule has 0 aliphatic carbocycles. The van der Waals surface area contributed by atoms with E-state index in [-0.39, 0.29) is 11.5 Å². The van der Waals surface area contributed by atoms with E-state index in [9.17, 15) is 9.00 Å². The molecule has 4 heteroatoms. The predicted octanol–water partition coefficient (Wildman–Crippen LogP) is 4.06. The Balaban J connectivity index is 2.20. The minimum Gasteiger partial charge on any atom is -0.293 e.